The van der Waals surface area contributed by atoms with Crippen molar-refractivity contribution in [3.63, 3.8) is 0 Å². The molecule has 8 aromatic carbocycles. The zero-order valence-corrected chi connectivity index (χ0v) is 21.9. The van der Waals surface area contributed by atoms with Crippen LogP contribution < -0.4 is 0 Å². The lowest BCUT2D eigenvalue weighted by atomic mass is 9.91. The van der Waals surface area contributed by atoms with Crippen LogP contribution in [0.15, 0.2) is 146 Å². The molecule has 0 N–H and O–H groups in total. The van der Waals surface area contributed by atoms with Crippen LogP contribution in [0.3, 0.4) is 0 Å². The summed E-state index contributed by atoms with van der Waals surface area (Å²) < 4.78 is 0. The van der Waals surface area contributed by atoms with Crippen molar-refractivity contribution in [2.24, 2.45) is 0 Å². The summed E-state index contributed by atoms with van der Waals surface area (Å²) >= 11 is 0. The maximum Gasteiger partial charge on any atom is -0.00201 e. The average molecular weight is 505 g/mol. The number of benzene rings is 8. The molecule has 184 valence electrons. The zero-order valence-electron chi connectivity index (χ0n) is 21.9. The summed E-state index contributed by atoms with van der Waals surface area (Å²) in [4.78, 5) is 0. The zero-order chi connectivity index (χ0) is 26.2. The van der Waals surface area contributed by atoms with Crippen molar-refractivity contribution < 1.29 is 0 Å². The maximum absolute atomic E-state index is 2.41. The molecule has 1 aliphatic carbocycles. The molecule has 0 radical (unpaired) electrons. The molecule has 0 spiro atoms. The van der Waals surface area contributed by atoms with Crippen LogP contribution >= 0.6 is 0 Å². The molecule has 0 fully saturated rings. The fraction of sp³-hybridized carbons (Fsp3) is 0. The van der Waals surface area contributed by atoms with Gasteiger partial charge in [-0.25, -0.2) is 0 Å². The van der Waals surface area contributed by atoms with Gasteiger partial charge in [-0.05, 0) is 112 Å². The van der Waals surface area contributed by atoms with E-state index in [-0.39, 0.29) is 0 Å². The number of hydrogen-bond donors (Lipinski definition) is 0. The van der Waals surface area contributed by atoms with E-state index in [1.54, 1.807) is 0 Å². The van der Waals surface area contributed by atoms with Crippen molar-refractivity contribution in [2.75, 3.05) is 0 Å². The van der Waals surface area contributed by atoms with Gasteiger partial charge in [-0.2, -0.15) is 0 Å². The summed E-state index contributed by atoms with van der Waals surface area (Å²) in [5.41, 5.74) is 10.4. The third kappa shape index (κ3) is 3.02. The molecule has 0 heterocycles. The van der Waals surface area contributed by atoms with E-state index >= 15 is 0 Å². The predicted molar refractivity (Wildman–Crippen MR) is 172 cm³/mol. The highest BCUT2D eigenvalue weighted by Crippen LogP contribution is 2.51. The molecule has 0 unspecified atom stereocenters. The number of rotatable bonds is 2. The number of hydrogen-bond acceptors (Lipinski definition) is 0. The van der Waals surface area contributed by atoms with Crippen LogP contribution in [-0.2, 0) is 0 Å². The van der Waals surface area contributed by atoms with Gasteiger partial charge in [0.05, 0.1) is 0 Å². The highest BCUT2D eigenvalue weighted by molar-refractivity contribution is 6.22. The Balaban J connectivity index is 1.27. The molecule has 8 aromatic rings. The molecule has 9 rings (SSSR count). The number of fused-ring (bicyclic) bond motifs is 8. The van der Waals surface area contributed by atoms with E-state index in [4.69, 9.17) is 0 Å². The molecule has 0 heteroatoms. The smallest absolute Gasteiger partial charge is 0.00201 e. The lowest BCUT2D eigenvalue weighted by Gasteiger charge is -2.13. The van der Waals surface area contributed by atoms with Gasteiger partial charge in [0.1, 0.15) is 0 Å². The first kappa shape index (κ1) is 21.7. The minimum atomic E-state index is 1.24. The highest BCUT2D eigenvalue weighted by atomic mass is 14.3. The van der Waals surface area contributed by atoms with Crippen LogP contribution in [0.25, 0.3) is 87.6 Å². The minimum Gasteiger partial charge on any atom is -0.0616 e. The molecule has 0 amide bonds. The normalized spacial score (nSPS) is 12.0. The van der Waals surface area contributed by atoms with Crippen LogP contribution in [0.5, 0.6) is 0 Å². The Labute approximate surface area is 232 Å². The van der Waals surface area contributed by atoms with Crippen molar-refractivity contribution in [1.82, 2.24) is 0 Å². The third-order valence-electron chi connectivity index (χ3n) is 8.74. The summed E-state index contributed by atoms with van der Waals surface area (Å²) in [5, 5.41) is 10.5. The largest absolute Gasteiger partial charge is 0.0616 e. The van der Waals surface area contributed by atoms with Crippen molar-refractivity contribution in [2.45, 2.75) is 0 Å². The van der Waals surface area contributed by atoms with Gasteiger partial charge >= 0.3 is 0 Å². The van der Waals surface area contributed by atoms with Crippen molar-refractivity contribution >= 4 is 43.1 Å². The molecule has 40 heavy (non-hydrogen) atoms. The van der Waals surface area contributed by atoms with Gasteiger partial charge < -0.3 is 0 Å². The van der Waals surface area contributed by atoms with Gasteiger partial charge in [0.25, 0.3) is 0 Å². The Morgan fingerprint density at radius 3 is 1.88 bits per heavy atom. The van der Waals surface area contributed by atoms with Crippen molar-refractivity contribution in [3.8, 4) is 44.5 Å². The summed E-state index contributed by atoms with van der Waals surface area (Å²) in [6.07, 6.45) is 0. The van der Waals surface area contributed by atoms with Crippen molar-refractivity contribution in [3.05, 3.63) is 146 Å². The Bertz CT molecular complexity index is 2320. The second-order valence-corrected chi connectivity index (χ2v) is 10.9. The van der Waals surface area contributed by atoms with Crippen LogP contribution in [0.4, 0.5) is 0 Å². The first-order valence-electron chi connectivity index (χ1n) is 13.9. The lowest BCUT2D eigenvalue weighted by Crippen LogP contribution is -1.87. The van der Waals surface area contributed by atoms with Gasteiger partial charge in [-0.3, -0.25) is 0 Å². The maximum atomic E-state index is 2.41. The van der Waals surface area contributed by atoms with Crippen LogP contribution in [-0.4, -0.2) is 0 Å². The van der Waals surface area contributed by atoms with Crippen LogP contribution in [0.1, 0.15) is 0 Å². The SMILES string of the molecule is c1cc(-c2cc3c4c(cccc4c2)-c2c-3ccc3ccccc23)cc(-c2cc3ccccc3c3ccccc23)c1. The molecular weight excluding hydrogens is 480 g/mol. The Morgan fingerprint density at radius 1 is 0.275 bits per heavy atom. The van der Waals surface area contributed by atoms with E-state index in [0.29, 0.717) is 0 Å². The second kappa shape index (κ2) is 8.15. The highest BCUT2D eigenvalue weighted by Gasteiger charge is 2.24. The summed E-state index contributed by atoms with van der Waals surface area (Å²) in [7, 11) is 0. The van der Waals surface area contributed by atoms with Crippen molar-refractivity contribution in [1.29, 1.82) is 0 Å². The standard InChI is InChI=1S/C40H24/c1-4-15-32-25(9-1)19-20-35-38-24-30(22-29-13-8-18-36(39(29)38)40(32)35)26-11-7-12-27(21-26)37-23-28-10-2-3-14-31(28)33-16-5-6-17-34(33)37/h1-24H. The molecule has 0 aliphatic heterocycles. The van der Waals surface area contributed by atoms with E-state index in [0.717, 1.165) is 0 Å². The van der Waals surface area contributed by atoms with Gasteiger partial charge in [-0.15, -0.1) is 0 Å². The second-order valence-electron chi connectivity index (χ2n) is 10.9. The van der Waals surface area contributed by atoms with Gasteiger partial charge in [0, 0.05) is 0 Å². The lowest BCUT2D eigenvalue weighted by molar-refractivity contribution is 1.63. The summed E-state index contributed by atoms with van der Waals surface area (Å²) in [6.45, 7) is 0. The first-order valence-corrected chi connectivity index (χ1v) is 13.9. The van der Waals surface area contributed by atoms with E-state index in [1.807, 2.05) is 0 Å². The molecule has 0 saturated heterocycles. The Morgan fingerprint density at radius 2 is 0.975 bits per heavy atom. The molecule has 0 saturated carbocycles. The molecule has 1 aliphatic rings. The van der Waals surface area contributed by atoms with E-state index in [9.17, 15) is 0 Å². The summed E-state index contributed by atoms with van der Waals surface area (Å²) in [5.74, 6) is 0. The monoisotopic (exact) mass is 504 g/mol. The molecule has 0 aromatic heterocycles. The van der Waals surface area contributed by atoms with Gasteiger partial charge in [0.2, 0.25) is 0 Å². The summed E-state index contributed by atoms with van der Waals surface area (Å²) in [6, 6.07) is 53.8. The Kier molecular flexibility index (Phi) is 4.42. The molecule has 0 nitrogen and oxygen atoms in total. The topological polar surface area (TPSA) is 0 Å². The third-order valence-corrected chi connectivity index (χ3v) is 8.74. The quantitative estimate of drug-likeness (QED) is 0.205. The van der Waals surface area contributed by atoms with Gasteiger partial charge in [0.15, 0.2) is 0 Å². The van der Waals surface area contributed by atoms with E-state index < -0.39 is 0 Å². The first-order chi connectivity index (χ1) is 19.8. The molecule has 0 bridgehead atoms. The van der Waals surface area contributed by atoms with Crippen LogP contribution in [0.2, 0.25) is 0 Å². The fourth-order valence-electron chi connectivity index (χ4n) is 6.96. The van der Waals surface area contributed by atoms with E-state index in [2.05, 4.69) is 146 Å². The minimum absolute atomic E-state index is 1.24. The average Bonchev–Trinajstić information content (AvgIpc) is 3.36. The van der Waals surface area contributed by atoms with E-state index in [1.165, 1.54) is 87.6 Å². The fourth-order valence-corrected chi connectivity index (χ4v) is 6.96. The van der Waals surface area contributed by atoms with Gasteiger partial charge in [-0.1, -0.05) is 121 Å². The Hall–Kier alpha value is -5.20. The van der Waals surface area contributed by atoms with Crippen LogP contribution in [0, 0.1) is 0 Å². The molecular formula is C40H24. The predicted octanol–water partition coefficient (Wildman–Crippen LogP) is 11.3. The molecule has 0 atom stereocenters.